The van der Waals surface area contributed by atoms with E-state index in [1.807, 2.05) is 35.2 Å². The lowest BCUT2D eigenvalue weighted by Crippen LogP contribution is -2.49. The zero-order chi connectivity index (χ0) is 23.4. The molecule has 0 atom stereocenters. The van der Waals surface area contributed by atoms with Crippen LogP contribution >= 0.6 is 0 Å². The standard InChI is InChI=1S/C23H24F3N5O2/c24-23(25,26)18-6-7-20(27-16-18)29-12-14-30(15-13-29)21(32)8-9-22(33)31-11-10-19(28-31)17-4-2-1-3-5-17/h1-7,16H,8-15H2. The minimum Gasteiger partial charge on any atom is -0.353 e. The summed E-state index contributed by atoms with van der Waals surface area (Å²) in [6, 6.07) is 12.0. The summed E-state index contributed by atoms with van der Waals surface area (Å²) in [6.45, 7) is 2.30. The third kappa shape index (κ3) is 5.50. The fourth-order valence-corrected chi connectivity index (χ4v) is 3.90. The zero-order valence-electron chi connectivity index (χ0n) is 18.0. The maximum absolute atomic E-state index is 12.7. The summed E-state index contributed by atoms with van der Waals surface area (Å²) in [4.78, 5) is 32.5. The topological polar surface area (TPSA) is 69.1 Å². The predicted octanol–water partition coefficient (Wildman–Crippen LogP) is 3.17. The first-order valence-electron chi connectivity index (χ1n) is 10.8. The van der Waals surface area contributed by atoms with E-state index in [0.717, 1.165) is 23.5 Å². The van der Waals surface area contributed by atoms with Gasteiger partial charge >= 0.3 is 6.18 Å². The molecule has 0 saturated carbocycles. The van der Waals surface area contributed by atoms with Gasteiger partial charge in [-0.2, -0.15) is 18.3 Å². The highest BCUT2D eigenvalue weighted by Crippen LogP contribution is 2.29. The normalized spacial score (nSPS) is 16.7. The maximum atomic E-state index is 12.7. The van der Waals surface area contributed by atoms with Crippen LogP contribution in [0.2, 0.25) is 0 Å². The van der Waals surface area contributed by atoms with E-state index in [4.69, 9.17) is 0 Å². The van der Waals surface area contributed by atoms with Crippen molar-refractivity contribution in [2.45, 2.75) is 25.4 Å². The van der Waals surface area contributed by atoms with Crippen molar-refractivity contribution in [2.75, 3.05) is 37.6 Å². The van der Waals surface area contributed by atoms with E-state index in [-0.39, 0.29) is 24.7 Å². The summed E-state index contributed by atoms with van der Waals surface area (Å²) in [7, 11) is 0. The van der Waals surface area contributed by atoms with E-state index in [1.165, 1.54) is 11.1 Å². The van der Waals surface area contributed by atoms with Crippen LogP contribution < -0.4 is 4.90 Å². The Morgan fingerprint density at radius 1 is 0.879 bits per heavy atom. The van der Waals surface area contributed by atoms with E-state index in [9.17, 15) is 22.8 Å². The molecule has 7 nitrogen and oxygen atoms in total. The van der Waals surface area contributed by atoms with Crippen LogP contribution in [-0.2, 0) is 15.8 Å². The Morgan fingerprint density at radius 2 is 1.58 bits per heavy atom. The van der Waals surface area contributed by atoms with Crippen molar-refractivity contribution in [1.82, 2.24) is 14.9 Å². The summed E-state index contributed by atoms with van der Waals surface area (Å²) >= 11 is 0. The van der Waals surface area contributed by atoms with Gasteiger partial charge in [0.25, 0.3) is 0 Å². The summed E-state index contributed by atoms with van der Waals surface area (Å²) in [5.74, 6) is 0.156. The second-order valence-corrected chi connectivity index (χ2v) is 7.95. The molecule has 33 heavy (non-hydrogen) atoms. The number of alkyl halides is 3. The molecule has 3 heterocycles. The monoisotopic (exact) mass is 459 g/mol. The minimum absolute atomic E-state index is 0.0884. The molecule has 2 amide bonds. The van der Waals surface area contributed by atoms with E-state index >= 15 is 0 Å². The van der Waals surface area contributed by atoms with Crippen molar-refractivity contribution in [3.05, 3.63) is 59.8 Å². The molecule has 2 aliphatic rings. The Labute approximate surface area is 189 Å². The highest BCUT2D eigenvalue weighted by Gasteiger charge is 2.31. The third-order valence-electron chi connectivity index (χ3n) is 5.78. The van der Waals surface area contributed by atoms with Gasteiger partial charge in [0, 0.05) is 51.6 Å². The molecule has 1 saturated heterocycles. The summed E-state index contributed by atoms with van der Waals surface area (Å²) < 4.78 is 38.1. The van der Waals surface area contributed by atoms with Crippen molar-refractivity contribution in [3.63, 3.8) is 0 Å². The number of benzene rings is 1. The van der Waals surface area contributed by atoms with Gasteiger partial charge in [0.05, 0.1) is 17.8 Å². The molecule has 174 valence electrons. The fourth-order valence-electron chi connectivity index (χ4n) is 3.90. The van der Waals surface area contributed by atoms with E-state index in [1.54, 1.807) is 4.90 Å². The number of hydrogen-bond acceptors (Lipinski definition) is 5. The van der Waals surface area contributed by atoms with Gasteiger partial charge in [0.1, 0.15) is 5.82 Å². The highest BCUT2D eigenvalue weighted by molar-refractivity contribution is 6.02. The molecule has 0 radical (unpaired) electrons. The first-order valence-corrected chi connectivity index (χ1v) is 10.8. The van der Waals surface area contributed by atoms with Crippen molar-refractivity contribution in [3.8, 4) is 0 Å². The van der Waals surface area contributed by atoms with Crippen LogP contribution in [0.3, 0.4) is 0 Å². The Morgan fingerprint density at radius 3 is 2.21 bits per heavy atom. The zero-order valence-corrected chi connectivity index (χ0v) is 18.0. The van der Waals surface area contributed by atoms with Crippen molar-refractivity contribution in [2.24, 2.45) is 5.10 Å². The van der Waals surface area contributed by atoms with Crippen LogP contribution in [-0.4, -0.2) is 65.1 Å². The molecule has 0 unspecified atom stereocenters. The molecule has 0 spiro atoms. The van der Waals surface area contributed by atoms with Crippen molar-refractivity contribution in [1.29, 1.82) is 0 Å². The Balaban J connectivity index is 1.23. The number of anilines is 1. The fraction of sp³-hybridized carbons (Fsp3) is 0.391. The molecule has 1 fully saturated rings. The molecule has 0 bridgehead atoms. The molecule has 0 aliphatic carbocycles. The van der Waals surface area contributed by atoms with Crippen LogP contribution in [0.25, 0.3) is 0 Å². The number of carbonyl (C=O) groups is 2. The highest BCUT2D eigenvalue weighted by atomic mass is 19.4. The number of hydrogen-bond donors (Lipinski definition) is 0. The quantitative estimate of drug-likeness (QED) is 0.689. The van der Waals surface area contributed by atoms with Crippen LogP contribution in [0.4, 0.5) is 19.0 Å². The molecule has 1 aromatic carbocycles. The van der Waals surface area contributed by atoms with E-state index < -0.39 is 11.7 Å². The third-order valence-corrected chi connectivity index (χ3v) is 5.78. The SMILES string of the molecule is O=C(CCC(=O)N1CCC(c2ccccc2)=N1)N1CCN(c2ccc(C(F)(F)F)cn2)CC1. The van der Waals surface area contributed by atoms with E-state index in [2.05, 4.69) is 10.1 Å². The number of nitrogens with zero attached hydrogens (tertiary/aromatic N) is 5. The molecule has 1 aromatic heterocycles. The number of hydrazone groups is 1. The second kappa shape index (κ2) is 9.60. The first-order chi connectivity index (χ1) is 15.8. The number of rotatable bonds is 5. The molecular weight excluding hydrogens is 435 g/mol. The number of halogens is 3. The average molecular weight is 459 g/mol. The van der Waals surface area contributed by atoms with Gasteiger partial charge in [-0.05, 0) is 17.7 Å². The van der Waals surface area contributed by atoms with Gasteiger partial charge < -0.3 is 9.80 Å². The van der Waals surface area contributed by atoms with Gasteiger partial charge in [0.2, 0.25) is 11.8 Å². The van der Waals surface area contributed by atoms with E-state index in [0.29, 0.717) is 45.0 Å². The molecular formula is C23H24F3N5O2. The maximum Gasteiger partial charge on any atom is 0.417 e. The Hall–Kier alpha value is -3.43. The van der Waals surface area contributed by atoms with Crippen LogP contribution in [0.1, 0.15) is 30.4 Å². The van der Waals surface area contributed by atoms with Crippen molar-refractivity contribution >= 4 is 23.3 Å². The van der Waals surface area contributed by atoms with Crippen LogP contribution in [0.5, 0.6) is 0 Å². The van der Waals surface area contributed by atoms with Gasteiger partial charge in [-0.25, -0.2) is 9.99 Å². The van der Waals surface area contributed by atoms with Gasteiger partial charge in [-0.1, -0.05) is 30.3 Å². The van der Waals surface area contributed by atoms with Gasteiger partial charge in [-0.15, -0.1) is 0 Å². The Kier molecular flexibility index (Phi) is 6.62. The van der Waals surface area contributed by atoms with Crippen LogP contribution in [0, 0.1) is 0 Å². The van der Waals surface area contributed by atoms with Crippen LogP contribution in [0.15, 0.2) is 53.8 Å². The largest absolute Gasteiger partial charge is 0.417 e. The number of pyridine rings is 1. The lowest BCUT2D eigenvalue weighted by atomic mass is 10.1. The molecule has 4 rings (SSSR count). The smallest absolute Gasteiger partial charge is 0.353 e. The number of amides is 2. The molecule has 0 N–H and O–H groups in total. The summed E-state index contributed by atoms with van der Waals surface area (Å²) in [6.07, 6.45) is -2.72. The van der Waals surface area contributed by atoms with Gasteiger partial charge in [0.15, 0.2) is 0 Å². The Bertz CT molecular complexity index is 1020. The molecule has 2 aromatic rings. The number of carbonyl (C=O) groups excluding carboxylic acids is 2. The summed E-state index contributed by atoms with van der Waals surface area (Å²) in [5.41, 5.74) is 1.07. The lowest BCUT2D eigenvalue weighted by Gasteiger charge is -2.35. The minimum atomic E-state index is -4.42. The second-order valence-electron chi connectivity index (χ2n) is 7.95. The number of aromatic nitrogens is 1. The lowest BCUT2D eigenvalue weighted by molar-refractivity contribution is -0.137. The summed E-state index contributed by atoms with van der Waals surface area (Å²) in [5, 5.41) is 5.84. The molecule has 2 aliphatic heterocycles. The van der Waals surface area contributed by atoms with Gasteiger partial charge in [-0.3, -0.25) is 9.59 Å². The predicted molar refractivity (Wildman–Crippen MR) is 117 cm³/mol. The van der Waals surface area contributed by atoms with Crippen molar-refractivity contribution < 1.29 is 22.8 Å². The first kappa shape index (κ1) is 22.8. The molecule has 10 heteroatoms. The average Bonchev–Trinajstić information content (AvgIpc) is 3.33. The number of piperazine rings is 1.